The van der Waals surface area contributed by atoms with E-state index in [-0.39, 0.29) is 28.7 Å². The Balaban J connectivity index is 0.00000280. The van der Waals surface area contributed by atoms with Gasteiger partial charge in [0.1, 0.15) is 0 Å². The lowest BCUT2D eigenvalue weighted by Gasteiger charge is -2.40. The highest BCUT2D eigenvalue weighted by Gasteiger charge is 2.32. The summed E-state index contributed by atoms with van der Waals surface area (Å²) < 4.78 is 5.81. The Morgan fingerprint density at radius 2 is 1.93 bits per heavy atom. The highest BCUT2D eigenvalue weighted by atomic mass is 127. The number of piperazine rings is 1. The molecular weight excluding hydrogens is 507 g/mol. The van der Waals surface area contributed by atoms with E-state index in [1.165, 1.54) is 11.3 Å². The number of thioether (sulfide) groups is 1. The van der Waals surface area contributed by atoms with Gasteiger partial charge in [-0.25, -0.2) is 0 Å². The first-order valence-electron chi connectivity index (χ1n) is 9.66. The van der Waals surface area contributed by atoms with Gasteiger partial charge >= 0.3 is 0 Å². The zero-order chi connectivity index (χ0) is 19.3. The first kappa shape index (κ1) is 23.9. The zero-order valence-corrected chi connectivity index (χ0v) is 20.9. The molecule has 0 atom stereocenters. The predicted octanol–water partition coefficient (Wildman–Crippen LogP) is 3.88. The van der Waals surface area contributed by atoms with E-state index in [2.05, 4.69) is 45.4 Å². The summed E-state index contributed by atoms with van der Waals surface area (Å²) in [6.07, 6.45) is 4.40. The van der Waals surface area contributed by atoms with Crippen LogP contribution in [0.1, 0.15) is 18.4 Å². The van der Waals surface area contributed by atoms with Crippen molar-refractivity contribution in [1.29, 1.82) is 0 Å². The topological polar surface area (TPSA) is 40.1 Å². The van der Waals surface area contributed by atoms with Crippen molar-refractivity contribution >= 4 is 59.0 Å². The van der Waals surface area contributed by atoms with E-state index in [4.69, 9.17) is 16.3 Å². The Labute approximate surface area is 195 Å². The molecule has 1 aromatic carbocycles. The largest absolute Gasteiger partial charge is 0.381 e. The van der Waals surface area contributed by atoms with E-state index in [1.807, 2.05) is 24.9 Å². The molecule has 0 unspecified atom stereocenters. The third kappa shape index (κ3) is 5.83. The third-order valence-corrected chi connectivity index (χ3v) is 7.36. The molecule has 2 aliphatic rings. The van der Waals surface area contributed by atoms with Crippen molar-refractivity contribution in [3.05, 3.63) is 28.8 Å². The first-order chi connectivity index (χ1) is 13.1. The molecule has 3 rings (SSSR count). The van der Waals surface area contributed by atoms with E-state index in [0.717, 1.165) is 69.8 Å². The normalized spacial score (nSPS) is 19.9. The van der Waals surface area contributed by atoms with Gasteiger partial charge in [0.25, 0.3) is 0 Å². The van der Waals surface area contributed by atoms with E-state index < -0.39 is 0 Å². The summed E-state index contributed by atoms with van der Waals surface area (Å²) in [4.78, 5) is 9.33. The Hall–Kier alpha value is -0.380. The zero-order valence-electron chi connectivity index (χ0n) is 17.0. The molecule has 0 bridgehead atoms. The van der Waals surface area contributed by atoms with Crippen LogP contribution in [0.2, 0.25) is 5.02 Å². The maximum absolute atomic E-state index is 6.20. The smallest absolute Gasteiger partial charge is 0.193 e. The fraction of sp³-hybridized carbons (Fsp3) is 0.650. The molecule has 0 saturated carbocycles. The van der Waals surface area contributed by atoms with Gasteiger partial charge in [0, 0.05) is 68.4 Å². The number of nitrogens with zero attached hydrogens (tertiary/aromatic N) is 3. The highest BCUT2D eigenvalue weighted by molar-refractivity contribution is 14.0. The lowest BCUT2D eigenvalue weighted by Crippen LogP contribution is -2.55. The molecule has 0 amide bonds. The van der Waals surface area contributed by atoms with Crippen molar-refractivity contribution in [2.45, 2.75) is 24.5 Å². The van der Waals surface area contributed by atoms with Crippen LogP contribution in [0, 0.1) is 6.92 Å². The summed E-state index contributed by atoms with van der Waals surface area (Å²) in [5.74, 6) is 1.01. The van der Waals surface area contributed by atoms with Gasteiger partial charge in [-0.05, 0) is 43.7 Å². The quantitative estimate of drug-likeness (QED) is 0.358. The minimum atomic E-state index is 0. The SMILES string of the molecule is CN=C(NCC1(SC)CCOCC1)N1CCN(c2cc(Cl)ccc2C)CC1.I. The standard InChI is InChI=1S/C20H31ClN4OS.HI/c1-16-4-5-17(21)14-18(16)24-8-10-25(11-9-24)19(22-2)23-15-20(27-3)6-12-26-13-7-20;/h4-5,14H,6-13,15H2,1-3H3,(H,22,23);1H. The Bertz CT molecular complexity index is 662. The van der Waals surface area contributed by atoms with Gasteiger partial charge in [-0.1, -0.05) is 17.7 Å². The molecule has 2 saturated heterocycles. The van der Waals surface area contributed by atoms with Gasteiger partial charge < -0.3 is 19.9 Å². The van der Waals surface area contributed by atoms with Crippen LogP contribution in [-0.4, -0.2) is 74.8 Å². The summed E-state index contributed by atoms with van der Waals surface area (Å²) in [7, 11) is 1.88. The number of hydrogen-bond donors (Lipinski definition) is 1. The molecule has 8 heteroatoms. The minimum absolute atomic E-state index is 0. The summed E-state index contributed by atoms with van der Waals surface area (Å²) in [6.45, 7) is 8.68. The Kier molecular flexibility index (Phi) is 9.50. The third-order valence-electron chi connectivity index (χ3n) is 5.71. The lowest BCUT2D eigenvalue weighted by atomic mass is 9.99. The van der Waals surface area contributed by atoms with Gasteiger partial charge in [-0.15, -0.1) is 24.0 Å². The summed E-state index contributed by atoms with van der Waals surface area (Å²) in [5, 5.41) is 4.44. The summed E-state index contributed by atoms with van der Waals surface area (Å²) in [5.41, 5.74) is 2.52. The highest BCUT2D eigenvalue weighted by Crippen LogP contribution is 2.33. The molecular formula is C20H32ClIN4OS. The van der Waals surface area contributed by atoms with Crippen LogP contribution < -0.4 is 10.2 Å². The number of ether oxygens (including phenoxy) is 1. The van der Waals surface area contributed by atoms with E-state index >= 15 is 0 Å². The number of guanidine groups is 1. The first-order valence-corrected chi connectivity index (χ1v) is 11.3. The Morgan fingerprint density at radius 3 is 2.54 bits per heavy atom. The van der Waals surface area contributed by atoms with Gasteiger partial charge in [0.15, 0.2) is 5.96 Å². The minimum Gasteiger partial charge on any atom is -0.381 e. The number of halogens is 2. The molecule has 2 fully saturated rings. The van der Waals surface area contributed by atoms with Crippen molar-refractivity contribution in [2.75, 3.05) is 64.1 Å². The van der Waals surface area contributed by atoms with Crippen molar-refractivity contribution in [1.82, 2.24) is 10.2 Å². The summed E-state index contributed by atoms with van der Waals surface area (Å²) in [6, 6.07) is 6.13. The molecule has 1 N–H and O–H groups in total. The van der Waals surface area contributed by atoms with Crippen LogP contribution in [0.3, 0.4) is 0 Å². The molecule has 158 valence electrons. The van der Waals surface area contributed by atoms with Crippen LogP contribution in [0.5, 0.6) is 0 Å². The number of benzene rings is 1. The average Bonchev–Trinajstić information content (AvgIpc) is 2.71. The van der Waals surface area contributed by atoms with E-state index in [1.54, 1.807) is 0 Å². The number of hydrogen-bond acceptors (Lipinski definition) is 4. The maximum Gasteiger partial charge on any atom is 0.193 e. The Morgan fingerprint density at radius 1 is 1.25 bits per heavy atom. The van der Waals surface area contributed by atoms with Crippen LogP contribution in [0.25, 0.3) is 0 Å². The van der Waals surface area contributed by atoms with Crippen LogP contribution >= 0.6 is 47.3 Å². The number of rotatable bonds is 4. The van der Waals surface area contributed by atoms with Crippen molar-refractivity contribution in [3.63, 3.8) is 0 Å². The van der Waals surface area contributed by atoms with E-state index in [9.17, 15) is 0 Å². The second-order valence-electron chi connectivity index (χ2n) is 7.31. The molecule has 0 radical (unpaired) electrons. The fourth-order valence-electron chi connectivity index (χ4n) is 3.85. The average molecular weight is 539 g/mol. The predicted molar refractivity (Wildman–Crippen MR) is 133 cm³/mol. The molecule has 0 spiro atoms. The van der Waals surface area contributed by atoms with Crippen molar-refractivity contribution in [2.24, 2.45) is 4.99 Å². The monoisotopic (exact) mass is 538 g/mol. The van der Waals surface area contributed by atoms with Gasteiger partial charge in [0.05, 0.1) is 0 Å². The molecule has 2 heterocycles. The lowest BCUT2D eigenvalue weighted by molar-refractivity contribution is 0.0781. The van der Waals surface area contributed by atoms with Crippen molar-refractivity contribution in [3.8, 4) is 0 Å². The fourth-order valence-corrected chi connectivity index (χ4v) is 4.81. The molecule has 5 nitrogen and oxygen atoms in total. The molecule has 2 aliphatic heterocycles. The molecule has 1 aromatic rings. The van der Waals surface area contributed by atoms with Crippen molar-refractivity contribution < 1.29 is 4.74 Å². The second-order valence-corrected chi connectivity index (χ2v) is 9.02. The van der Waals surface area contributed by atoms with Crippen LogP contribution in [-0.2, 0) is 4.74 Å². The van der Waals surface area contributed by atoms with E-state index in [0.29, 0.717) is 0 Å². The summed E-state index contributed by atoms with van der Waals surface area (Å²) >= 11 is 8.16. The number of nitrogens with one attached hydrogen (secondary N) is 1. The van der Waals surface area contributed by atoms with Gasteiger partial charge in [-0.3, -0.25) is 4.99 Å². The molecule has 28 heavy (non-hydrogen) atoms. The number of anilines is 1. The van der Waals surface area contributed by atoms with Gasteiger partial charge in [-0.2, -0.15) is 11.8 Å². The second kappa shape index (κ2) is 11.1. The number of aryl methyl sites for hydroxylation is 1. The van der Waals surface area contributed by atoms with Crippen LogP contribution in [0.15, 0.2) is 23.2 Å². The molecule has 0 aliphatic carbocycles. The van der Waals surface area contributed by atoms with Crippen LogP contribution in [0.4, 0.5) is 5.69 Å². The molecule has 0 aromatic heterocycles. The number of aliphatic imine (C=N–C) groups is 1. The van der Waals surface area contributed by atoms with Gasteiger partial charge in [0.2, 0.25) is 0 Å². The maximum atomic E-state index is 6.20.